The van der Waals surface area contributed by atoms with E-state index in [1.165, 1.54) is 18.4 Å². The van der Waals surface area contributed by atoms with Crippen molar-refractivity contribution in [1.29, 1.82) is 0 Å². The highest BCUT2D eigenvalue weighted by molar-refractivity contribution is 5.74. The SMILES string of the molecule is CN1CCC[C@H]1[C@H]1COc2c(cccc2-c2ccccc2)O1. The van der Waals surface area contributed by atoms with Crippen LogP contribution in [0.25, 0.3) is 11.1 Å². The Kier molecular flexibility index (Phi) is 3.51. The van der Waals surface area contributed by atoms with Gasteiger partial charge in [-0.3, -0.25) is 4.90 Å². The zero-order valence-electron chi connectivity index (χ0n) is 12.9. The molecule has 0 saturated carbocycles. The van der Waals surface area contributed by atoms with Gasteiger partial charge in [0.1, 0.15) is 12.7 Å². The Morgan fingerprint density at radius 3 is 2.68 bits per heavy atom. The molecule has 2 aliphatic heterocycles. The summed E-state index contributed by atoms with van der Waals surface area (Å²) >= 11 is 0. The standard InChI is InChI=1S/C19H21NO2/c1-20-12-6-10-16(20)18-13-21-19-15(9-5-11-17(19)22-18)14-7-3-2-4-8-14/h2-5,7-9,11,16,18H,6,10,12-13H2,1H3/t16-,18+/m0/s1. The molecule has 0 amide bonds. The Morgan fingerprint density at radius 1 is 1.05 bits per heavy atom. The first-order chi connectivity index (χ1) is 10.8. The molecule has 2 aromatic rings. The van der Waals surface area contributed by atoms with Crippen molar-refractivity contribution in [1.82, 2.24) is 4.90 Å². The molecule has 0 radical (unpaired) electrons. The molecule has 0 unspecified atom stereocenters. The minimum atomic E-state index is 0.131. The van der Waals surface area contributed by atoms with E-state index in [0.717, 1.165) is 23.6 Å². The second-order valence-electron chi connectivity index (χ2n) is 6.16. The molecule has 114 valence electrons. The quantitative estimate of drug-likeness (QED) is 0.845. The molecular formula is C19H21NO2. The van der Waals surface area contributed by atoms with Crippen LogP contribution in [-0.2, 0) is 0 Å². The molecule has 1 fully saturated rings. The van der Waals surface area contributed by atoms with Gasteiger partial charge in [-0.05, 0) is 38.1 Å². The molecule has 3 heteroatoms. The van der Waals surface area contributed by atoms with Crippen molar-refractivity contribution in [3.8, 4) is 22.6 Å². The Morgan fingerprint density at radius 2 is 1.91 bits per heavy atom. The molecule has 22 heavy (non-hydrogen) atoms. The van der Waals surface area contributed by atoms with Crippen molar-refractivity contribution in [3.63, 3.8) is 0 Å². The van der Waals surface area contributed by atoms with Gasteiger partial charge >= 0.3 is 0 Å². The highest BCUT2D eigenvalue weighted by atomic mass is 16.6. The fraction of sp³-hybridized carbons (Fsp3) is 0.368. The minimum absolute atomic E-state index is 0.131. The van der Waals surface area contributed by atoms with E-state index in [9.17, 15) is 0 Å². The summed E-state index contributed by atoms with van der Waals surface area (Å²) in [5.41, 5.74) is 2.27. The van der Waals surface area contributed by atoms with Crippen molar-refractivity contribution >= 4 is 0 Å². The van der Waals surface area contributed by atoms with E-state index in [1.807, 2.05) is 18.2 Å². The van der Waals surface area contributed by atoms with Gasteiger partial charge in [0.05, 0.1) is 0 Å². The smallest absolute Gasteiger partial charge is 0.169 e. The first-order valence-corrected chi connectivity index (χ1v) is 8.01. The zero-order valence-corrected chi connectivity index (χ0v) is 12.9. The third-order valence-corrected chi connectivity index (χ3v) is 4.74. The number of hydrogen-bond donors (Lipinski definition) is 0. The minimum Gasteiger partial charge on any atom is -0.485 e. The van der Waals surface area contributed by atoms with Crippen molar-refractivity contribution in [2.75, 3.05) is 20.2 Å². The Bertz CT molecular complexity index is 656. The molecule has 0 spiro atoms. The largest absolute Gasteiger partial charge is 0.485 e. The van der Waals surface area contributed by atoms with Crippen LogP contribution in [0.5, 0.6) is 11.5 Å². The summed E-state index contributed by atoms with van der Waals surface area (Å²) in [6.45, 7) is 1.79. The fourth-order valence-corrected chi connectivity index (χ4v) is 3.56. The maximum atomic E-state index is 6.28. The normalized spacial score (nSPS) is 24.4. The molecule has 1 saturated heterocycles. The number of hydrogen-bond acceptors (Lipinski definition) is 3. The highest BCUT2D eigenvalue weighted by Gasteiger charge is 2.34. The summed E-state index contributed by atoms with van der Waals surface area (Å²) < 4.78 is 12.4. The first kappa shape index (κ1) is 13.6. The van der Waals surface area contributed by atoms with Crippen LogP contribution in [0.2, 0.25) is 0 Å². The summed E-state index contributed by atoms with van der Waals surface area (Å²) in [5.74, 6) is 1.75. The molecule has 4 rings (SSSR count). The van der Waals surface area contributed by atoms with Crippen LogP contribution in [0, 0.1) is 0 Å². The fourth-order valence-electron chi connectivity index (χ4n) is 3.56. The van der Waals surface area contributed by atoms with E-state index in [-0.39, 0.29) is 6.10 Å². The van der Waals surface area contributed by atoms with Gasteiger partial charge in [0, 0.05) is 11.6 Å². The van der Waals surface area contributed by atoms with Crippen LogP contribution in [0.15, 0.2) is 48.5 Å². The van der Waals surface area contributed by atoms with E-state index in [4.69, 9.17) is 9.47 Å². The van der Waals surface area contributed by atoms with Crippen molar-refractivity contribution in [3.05, 3.63) is 48.5 Å². The number of nitrogens with zero attached hydrogens (tertiary/aromatic N) is 1. The third kappa shape index (κ3) is 2.35. The summed E-state index contributed by atoms with van der Waals surface area (Å²) in [4.78, 5) is 2.39. The lowest BCUT2D eigenvalue weighted by Gasteiger charge is -2.34. The van der Waals surface area contributed by atoms with E-state index in [0.29, 0.717) is 12.6 Å². The highest BCUT2D eigenvalue weighted by Crippen LogP contribution is 2.41. The van der Waals surface area contributed by atoms with Crippen molar-refractivity contribution in [2.45, 2.75) is 25.0 Å². The average Bonchev–Trinajstić information content (AvgIpc) is 3.00. The van der Waals surface area contributed by atoms with Crippen LogP contribution in [-0.4, -0.2) is 37.2 Å². The molecule has 2 heterocycles. The summed E-state index contributed by atoms with van der Waals surface area (Å²) in [6, 6.07) is 17.0. The molecule has 2 aromatic carbocycles. The number of fused-ring (bicyclic) bond motifs is 1. The van der Waals surface area contributed by atoms with E-state index >= 15 is 0 Å². The van der Waals surface area contributed by atoms with Crippen molar-refractivity contribution < 1.29 is 9.47 Å². The van der Waals surface area contributed by atoms with Crippen LogP contribution >= 0.6 is 0 Å². The molecular weight excluding hydrogens is 274 g/mol. The number of benzene rings is 2. The molecule has 2 atom stereocenters. The summed E-state index contributed by atoms with van der Waals surface area (Å²) in [6.07, 6.45) is 2.57. The van der Waals surface area contributed by atoms with Gasteiger partial charge in [-0.25, -0.2) is 0 Å². The summed E-state index contributed by atoms with van der Waals surface area (Å²) in [7, 11) is 2.18. The lowest BCUT2D eigenvalue weighted by atomic mass is 10.0. The topological polar surface area (TPSA) is 21.7 Å². The Balaban J connectivity index is 1.64. The lowest BCUT2D eigenvalue weighted by molar-refractivity contribution is 0.0373. The van der Waals surface area contributed by atoms with Gasteiger partial charge in [-0.2, -0.15) is 0 Å². The number of likely N-dealkylation sites (tertiary alicyclic amines) is 1. The van der Waals surface area contributed by atoms with Gasteiger partial charge in [0.15, 0.2) is 11.5 Å². The van der Waals surface area contributed by atoms with E-state index in [2.05, 4.69) is 42.3 Å². The van der Waals surface area contributed by atoms with Gasteiger partial charge in [0.2, 0.25) is 0 Å². The number of para-hydroxylation sites is 1. The molecule has 0 N–H and O–H groups in total. The third-order valence-electron chi connectivity index (χ3n) is 4.74. The second kappa shape index (κ2) is 5.65. The predicted octanol–water partition coefficient (Wildman–Crippen LogP) is 3.59. The Labute approximate surface area is 131 Å². The predicted molar refractivity (Wildman–Crippen MR) is 87.4 cm³/mol. The number of likely N-dealkylation sites (N-methyl/N-ethyl adjacent to an activating group) is 1. The first-order valence-electron chi connectivity index (χ1n) is 8.01. The maximum absolute atomic E-state index is 6.28. The van der Waals surface area contributed by atoms with Crippen LogP contribution in [0.4, 0.5) is 0 Å². The van der Waals surface area contributed by atoms with Gasteiger partial charge in [-0.15, -0.1) is 0 Å². The maximum Gasteiger partial charge on any atom is 0.169 e. The molecule has 2 aliphatic rings. The Hall–Kier alpha value is -2.00. The van der Waals surface area contributed by atoms with Gasteiger partial charge in [-0.1, -0.05) is 42.5 Å². The van der Waals surface area contributed by atoms with Crippen molar-refractivity contribution in [2.24, 2.45) is 0 Å². The van der Waals surface area contributed by atoms with Gasteiger partial charge in [0.25, 0.3) is 0 Å². The molecule has 0 aliphatic carbocycles. The molecule has 0 aromatic heterocycles. The average molecular weight is 295 g/mol. The molecule has 3 nitrogen and oxygen atoms in total. The summed E-state index contributed by atoms with van der Waals surface area (Å²) in [5, 5.41) is 0. The van der Waals surface area contributed by atoms with Crippen LogP contribution in [0.3, 0.4) is 0 Å². The van der Waals surface area contributed by atoms with E-state index in [1.54, 1.807) is 0 Å². The lowest BCUT2D eigenvalue weighted by Crippen LogP contribution is -2.45. The van der Waals surface area contributed by atoms with Gasteiger partial charge < -0.3 is 9.47 Å². The van der Waals surface area contributed by atoms with Crippen LogP contribution in [0.1, 0.15) is 12.8 Å². The molecule has 0 bridgehead atoms. The van der Waals surface area contributed by atoms with Crippen LogP contribution < -0.4 is 9.47 Å². The monoisotopic (exact) mass is 295 g/mol. The zero-order chi connectivity index (χ0) is 14.9. The van der Waals surface area contributed by atoms with E-state index < -0.39 is 0 Å². The second-order valence-corrected chi connectivity index (χ2v) is 6.16. The number of rotatable bonds is 2. The number of ether oxygens (including phenoxy) is 2.